The SMILES string of the molecule is CCOC(=O)[C@@H]1CCO[C@@H]1CC1CCNCC1. The van der Waals surface area contributed by atoms with Gasteiger partial charge in [0.1, 0.15) is 0 Å². The van der Waals surface area contributed by atoms with Crippen molar-refractivity contribution in [1.29, 1.82) is 0 Å². The van der Waals surface area contributed by atoms with Gasteiger partial charge in [-0.15, -0.1) is 0 Å². The molecule has 2 saturated heterocycles. The third-order valence-corrected chi connectivity index (χ3v) is 3.82. The van der Waals surface area contributed by atoms with E-state index in [-0.39, 0.29) is 18.0 Å². The van der Waals surface area contributed by atoms with Crippen LogP contribution in [0.3, 0.4) is 0 Å². The minimum Gasteiger partial charge on any atom is -0.466 e. The van der Waals surface area contributed by atoms with Crippen LogP contribution in [0, 0.1) is 11.8 Å². The van der Waals surface area contributed by atoms with Gasteiger partial charge in [-0.05, 0) is 51.6 Å². The summed E-state index contributed by atoms with van der Waals surface area (Å²) in [5.41, 5.74) is 0. The van der Waals surface area contributed by atoms with Gasteiger partial charge in [0.2, 0.25) is 0 Å². The molecule has 0 bridgehead atoms. The fourth-order valence-corrected chi connectivity index (χ4v) is 2.85. The molecule has 0 aromatic rings. The van der Waals surface area contributed by atoms with Crippen LogP contribution >= 0.6 is 0 Å². The molecule has 4 heteroatoms. The summed E-state index contributed by atoms with van der Waals surface area (Å²) >= 11 is 0. The van der Waals surface area contributed by atoms with Crippen LogP contribution in [0.1, 0.15) is 32.6 Å². The van der Waals surface area contributed by atoms with Crippen molar-refractivity contribution < 1.29 is 14.3 Å². The molecular weight excluding hydrogens is 218 g/mol. The van der Waals surface area contributed by atoms with Crippen molar-refractivity contribution in [2.24, 2.45) is 11.8 Å². The lowest BCUT2D eigenvalue weighted by Crippen LogP contribution is -2.33. The first-order valence-electron chi connectivity index (χ1n) is 6.80. The van der Waals surface area contributed by atoms with Crippen LogP contribution in [-0.2, 0) is 14.3 Å². The Kier molecular flexibility index (Phi) is 4.80. The third-order valence-electron chi connectivity index (χ3n) is 3.82. The summed E-state index contributed by atoms with van der Waals surface area (Å²) in [7, 11) is 0. The van der Waals surface area contributed by atoms with Crippen molar-refractivity contribution in [3.8, 4) is 0 Å². The normalized spacial score (nSPS) is 30.4. The minimum absolute atomic E-state index is 0.0233. The van der Waals surface area contributed by atoms with E-state index >= 15 is 0 Å². The zero-order valence-electron chi connectivity index (χ0n) is 10.6. The van der Waals surface area contributed by atoms with Crippen LogP contribution in [0.2, 0.25) is 0 Å². The molecule has 0 amide bonds. The molecule has 2 heterocycles. The Bertz CT molecular complexity index is 251. The highest BCUT2D eigenvalue weighted by Gasteiger charge is 2.36. The number of piperidine rings is 1. The lowest BCUT2D eigenvalue weighted by Gasteiger charge is -2.26. The van der Waals surface area contributed by atoms with Gasteiger partial charge in [-0.1, -0.05) is 0 Å². The van der Waals surface area contributed by atoms with E-state index < -0.39 is 0 Å². The molecule has 98 valence electrons. The minimum atomic E-state index is -0.0658. The molecule has 0 aliphatic carbocycles. The number of rotatable bonds is 4. The van der Waals surface area contributed by atoms with E-state index in [0.717, 1.165) is 25.9 Å². The molecule has 2 aliphatic rings. The average molecular weight is 241 g/mol. The lowest BCUT2D eigenvalue weighted by atomic mass is 9.87. The van der Waals surface area contributed by atoms with Gasteiger partial charge in [-0.2, -0.15) is 0 Å². The Morgan fingerprint density at radius 2 is 2.12 bits per heavy atom. The second kappa shape index (κ2) is 6.36. The van der Waals surface area contributed by atoms with Crippen LogP contribution < -0.4 is 5.32 Å². The van der Waals surface area contributed by atoms with Crippen molar-refractivity contribution in [3.05, 3.63) is 0 Å². The van der Waals surface area contributed by atoms with Crippen LogP contribution in [0.4, 0.5) is 0 Å². The monoisotopic (exact) mass is 241 g/mol. The van der Waals surface area contributed by atoms with Gasteiger partial charge in [-0.25, -0.2) is 0 Å². The number of carbonyl (C=O) groups is 1. The summed E-state index contributed by atoms with van der Waals surface area (Å²) in [5, 5.41) is 3.36. The average Bonchev–Trinajstić information content (AvgIpc) is 2.79. The molecule has 0 saturated carbocycles. The number of ether oxygens (including phenoxy) is 2. The van der Waals surface area contributed by atoms with E-state index in [2.05, 4.69) is 5.32 Å². The molecule has 0 radical (unpaired) electrons. The van der Waals surface area contributed by atoms with Gasteiger partial charge in [0.05, 0.1) is 18.6 Å². The van der Waals surface area contributed by atoms with Crippen molar-refractivity contribution in [2.45, 2.75) is 38.7 Å². The summed E-state index contributed by atoms with van der Waals surface area (Å²) < 4.78 is 10.8. The van der Waals surface area contributed by atoms with Crippen molar-refractivity contribution >= 4 is 5.97 Å². The van der Waals surface area contributed by atoms with Gasteiger partial charge in [0.15, 0.2) is 0 Å². The molecule has 0 unspecified atom stereocenters. The van der Waals surface area contributed by atoms with Gasteiger partial charge in [0, 0.05) is 6.61 Å². The molecule has 0 aromatic carbocycles. The molecule has 0 spiro atoms. The molecule has 17 heavy (non-hydrogen) atoms. The van der Waals surface area contributed by atoms with E-state index in [1.54, 1.807) is 0 Å². The van der Waals surface area contributed by atoms with E-state index in [9.17, 15) is 4.79 Å². The summed E-state index contributed by atoms with van der Waals surface area (Å²) in [5.74, 6) is 0.616. The second-order valence-corrected chi connectivity index (χ2v) is 4.99. The number of esters is 1. The van der Waals surface area contributed by atoms with E-state index in [1.807, 2.05) is 6.92 Å². The van der Waals surface area contributed by atoms with Crippen molar-refractivity contribution in [3.63, 3.8) is 0 Å². The summed E-state index contributed by atoms with van der Waals surface area (Å²) in [6.07, 6.45) is 4.35. The number of hydrogen-bond acceptors (Lipinski definition) is 4. The highest BCUT2D eigenvalue weighted by molar-refractivity contribution is 5.73. The summed E-state index contributed by atoms with van der Waals surface area (Å²) in [6.45, 7) is 5.23. The largest absolute Gasteiger partial charge is 0.466 e. The Hall–Kier alpha value is -0.610. The van der Waals surface area contributed by atoms with Gasteiger partial charge < -0.3 is 14.8 Å². The van der Waals surface area contributed by atoms with Crippen molar-refractivity contribution in [2.75, 3.05) is 26.3 Å². The second-order valence-electron chi connectivity index (χ2n) is 4.99. The maximum Gasteiger partial charge on any atom is 0.311 e. The highest BCUT2D eigenvalue weighted by Crippen LogP contribution is 2.30. The fraction of sp³-hybridized carbons (Fsp3) is 0.923. The Labute approximate surface area is 103 Å². The molecule has 2 rings (SSSR count). The predicted octanol–water partition coefficient (Wildman–Crippen LogP) is 1.34. The first-order valence-corrected chi connectivity index (χ1v) is 6.80. The zero-order valence-corrected chi connectivity index (χ0v) is 10.6. The smallest absolute Gasteiger partial charge is 0.311 e. The van der Waals surface area contributed by atoms with Gasteiger partial charge >= 0.3 is 5.97 Å². The van der Waals surface area contributed by atoms with Gasteiger partial charge in [-0.3, -0.25) is 4.79 Å². The Balaban J connectivity index is 1.83. The van der Waals surface area contributed by atoms with E-state index in [4.69, 9.17) is 9.47 Å². The number of carbonyl (C=O) groups excluding carboxylic acids is 1. The van der Waals surface area contributed by atoms with Crippen LogP contribution in [-0.4, -0.2) is 38.4 Å². The van der Waals surface area contributed by atoms with Gasteiger partial charge in [0.25, 0.3) is 0 Å². The molecule has 2 atom stereocenters. The van der Waals surface area contributed by atoms with Crippen molar-refractivity contribution in [1.82, 2.24) is 5.32 Å². The molecule has 1 N–H and O–H groups in total. The topological polar surface area (TPSA) is 47.6 Å². The number of nitrogens with one attached hydrogen (secondary N) is 1. The van der Waals surface area contributed by atoms with E-state index in [1.165, 1.54) is 12.8 Å². The first-order chi connectivity index (χ1) is 8.31. The lowest BCUT2D eigenvalue weighted by molar-refractivity contribution is -0.150. The summed E-state index contributed by atoms with van der Waals surface area (Å²) in [6, 6.07) is 0. The standard InChI is InChI=1S/C13H23NO3/c1-2-16-13(15)11-5-8-17-12(11)9-10-3-6-14-7-4-10/h10-12,14H,2-9H2,1H3/t11-,12-/m1/s1. The Morgan fingerprint density at radius 3 is 2.82 bits per heavy atom. The molecule has 0 aromatic heterocycles. The summed E-state index contributed by atoms with van der Waals surface area (Å²) in [4.78, 5) is 11.8. The highest BCUT2D eigenvalue weighted by atomic mass is 16.5. The molecule has 2 aliphatic heterocycles. The predicted molar refractivity (Wildman–Crippen MR) is 64.7 cm³/mol. The third kappa shape index (κ3) is 3.42. The first kappa shape index (κ1) is 12.8. The van der Waals surface area contributed by atoms with Crippen LogP contribution in [0.15, 0.2) is 0 Å². The quantitative estimate of drug-likeness (QED) is 0.755. The maximum absolute atomic E-state index is 11.8. The molecule has 2 fully saturated rings. The fourth-order valence-electron chi connectivity index (χ4n) is 2.85. The van der Waals surface area contributed by atoms with E-state index in [0.29, 0.717) is 19.1 Å². The maximum atomic E-state index is 11.8. The molecular formula is C13H23NO3. The zero-order chi connectivity index (χ0) is 12.1. The molecule has 4 nitrogen and oxygen atoms in total. The van der Waals surface area contributed by atoms with Crippen LogP contribution in [0.25, 0.3) is 0 Å². The van der Waals surface area contributed by atoms with Crippen LogP contribution in [0.5, 0.6) is 0 Å². The Morgan fingerprint density at radius 1 is 1.35 bits per heavy atom. The number of hydrogen-bond donors (Lipinski definition) is 1.